The Kier molecular flexibility index (Phi) is 6.73. The van der Waals surface area contributed by atoms with Crippen molar-refractivity contribution in [1.82, 2.24) is 5.32 Å². The molecule has 3 aromatic carbocycles. The van der Waals surface area contributed by atoms with Crippen LogP contribution in [-0.4, -0.2) is 30.4 Å². The molecule has 0 aromatic heterocycles. The van der Waals surface area contributed by atoms with Crippen LogP contribution in [0.1, 0.15) is 16.7 Å². The number of ether oxygens (including phenoxy) is 1. The second kappa shape index (κ2) is 10.0. The highest BCUT2D eigenvalue weighted by Gasteiger charge is 2.36. The third-order valence-corrected chi connectivity index (χ3v) is 5.56. The smallest absolute Gasteiger partial charge is 0.335 e. The molecular weight excluding hydrogens is 446 g/mol. The Bertz CT molecular complexity index is 1330. The molecule has 3 aromatic rings. The summed E-state index contributed by atoms with van der Waals surface area (Å²) in [5, 5.41) is 5.02. The lowest BCUT2D eigenvalue weighted by atomic mass is 10.1. The number of anilines is 2. The molecule has 0 radical (unpaired) electrons. The van der Waals surface area contributed by atoms with Gasteiger partial charge in [-0.25, -0.2) is 9.69 Å². The Hall–Kier alpha value is -4.72. The van der Waals surface area contributed by atoms with Crippen LogP contribution in [0.3, 0.4) is 0 Å². The van der Waals surface area contributed by atoms with Crippen LogP contribution in [0.5, 0.6) is 5.75 Å². The summed E-state index contributed by atoms with van der Waals surface area (Å²) in [6, 6.07) is 19.8. The maximum Gasteiger partial charge on any atom is 0.335 e. The minimum atomic E-state index is -0.800. The number of imide groups is 2. The molecule has 1 heterocycles. The zero-order valence-electron chi connectivity index (χ0n) is 19.2. The number of urea groups is 1. The molecule has 8 nitrogen and oxygen atoms in total. The molecule has 4 rings (SSSR count). The zero-order valence-corrected chi connectivity index (χ0v) is 19.2. The molecule has 1 saturated heterocycles. The SMILES string of the molecule is Cc1cccc(NC(=O)COc2ccc(/C=C3/C(=O)NC(=O)N(c4ccccc4)C3=O)cc2)c1C. The van der Waals surface area contributed by atoms with Crippen LogP contribution in [0.25, 0.3) is 6.08 Å². The number of hydrogen-bond donors (Lipinski definition) is 2. The molecule has 35 heavy (non-hydrogen) atoms. The van der Waals surface area contributed by atoms with Gasteiger partial charge in [-0.1, -0.05) is 42.5 Å². The predicted octanol–water partition coefficient (Wildman–Crippen LogP) is 3.99. The van der Waals surface area contributed by atoms with Crippen LogP contribution in [-0.2, 0) is 14.4 Å². The summed E-state index contributed by atoms with van der Waals surface area (Å²) in [5.41, 5.74) is 3.55. The van der Waals surface area contributed by atoms with Gasteiger partial charge >= 0.3 is 6.03 Å². The van der Waals surface area contributed by atoms with Gasteiger partial charge in [0.05, 0.1) is 5.69 Å². The van der Waals surface area contributed by atoms with Crippen molar-refractivity contribution >= 4 is 41.2 Å². The van der Waals surface area contributed by atoms with Crippen molar-refractivity contribution in [2.24, 2.45) is 0 Å². The number of carbonyl (C=O) groups is 4. The predicted molar refractivity (Wildman–Crippen MR) is 132 cm³/mol. The highest BCUT2D eigenvalue weighted by Crippen LogP contribution is 2.22. The number of nitrogens with zero attached hydrogens (tertiary/aromatic N) is 1. The molecule has 8 heteroatoms. The van der Waals surface area contributed by atoms with Crippen LogP contribution in [0.15, 0.2) is 78.4 Å². The lowest BCUT2D eigenvalue weighted by Gasteiger charge is -2.26. The van der Waals surface area contributed by atoms with Crippen molar-refractivity contribution in [3.05, 3.63) is 95.1 Å². The first kappa shape index (κ1) is 23.4. The van der Waals surface area contributed by atoms with Gasteiger partial charge in [0, 0.05) is 5.69 Å². The van der Waals surface area contributed by atoms with E-state index in [9.17, 15) is 19.2 Å². The van der Waals surface area contributed by atoms with Gasteiger partial charge < -0.3 is 10.1 Å². The van der Waals surface area contributed by atoms with E-state index in [2.05, 4.69) is 10.6 Å². The molecule has 0 aliphatic carbocycles. The van der Waals surface area contributed by atoms with E-state index in [0.29, 0.717) is 17.0 Å². The van der Waals surface area contributed by atoms with E-state index in [1.165, 1.54) is 6.08 Å². The summed E-state index contributed by atoms with van der Waals surface area (Å²) < 4.78 is 5.55. The van der Waals surface area contributed by atoms with Gasteiger partial charge in [-0.05, 0) is 66.9 Å². The normalized spacial score (nSPS) is 14.6. The van der Waals surface area contributed by atoms with Crippen LogP contribution < -0.4 is 20.3 Å². The fourth-order valence-electron chi connectivity index (χ4n) is 3.52. The molecule has 0 saturated carbocycles. The lowest BCUT2D eigenvalue weighted by molar-refractivity contribution is -0.122. The molecule has 0 bridgehead atoms. The fraction of sp³-hybridized carbons (Fsp3) is 0.111. The quantitative estimate of drug-likeness (QED) is 0.420. The van der Waals surface area contributed by atoms with Gasteiger partial charge in [-0.15, -0.1) is 0 Å². The van der Waals surface area contributed by atoms with Crippen LogP contribution in [0.4, 0.5) is 16.2 Å². The van der Waals surface area contributed by atoms with E-state index in [-0.39, 0.29) is 18.1 Å². The van der Waals surface area contributed by atoms with Gasteiger partial charge in [-0.3, -0.25) is 19.7 Å². The molecule has 0 unspecified atom stereocenters. The number of nitrogens with one attached hydrogen (secondary N) is 2. The highest BCUT2D eigenvalue weighted by atomic mass is 16.5. The standard InChI is InChI=1S/C27H23N3O5/c1-17-7-6-10-23(18(17)2)28-24(31)16-35-21-13-11-19(12-14-21)15-22-25(32)29-27(34)30(26(22)33)20-8-4-3-5-9-20/h3-15H,16H2,1-2H3,(H,28,31)(H,29,32,34)/b22-15-. The summed E-state index contributed by atoms with van der Waals surface area (Å²) in [5.74, 6) is -1.33. The second-order valence-corrected chi connectivity index (χ2v) is 7.95. The number of amides is 5. The number of aryl methyl sites for hydroxylation is 1. The number of barbiturate groups is 1. The molecule has 5 amide bonds. The molecule has 1 fully saturated rings. The fourth-order valence-corrected chi connectivity index (χ4v) is 3.52. The first-order valence-electron chi connectivity index (χ1n) is 10.9. The Balaban J connectivity index is 1.42. The molecule has 2 N–H and O–H groups in total. The Morgan fingerprint density at radius 3 is 2.37 bits per heavy atom. The van der Waals surface area contributed by atoms with E-state index in [1.54, 1.807) is 54.6 Å². The van der Waals surface area contributed by atoms with Crippen molar-refractivity contribution in [1.29, 1.82) is 0 Å². The largest absolute Gasteiger partial charge is 0.484 e. The Labute approximate surface area is 202 Å². The second-order valence-electron chi connectivity index (χ2n) is 7.95. The van der Waals surface area contributed by atoms with Crippen molar-refractivity contribution in [2.45, 2.75) is 13.8 Å². The summed E-state index contributed by atoms with van der Waals surface area (Å²) in [6.07, 6.45) is 1.40. The number of rotatable bonds is 6. The van der Waals surface area contributed by atoms with Gasteiger partial charge in [0.2, 0.25) is 0 Å². The first-order chi connectivity index (χ1) is 16.8. The summed E-state index contributed by atoms with van der Waals surface area (Å²) in [7, 11) is 0. The Morgan fingerprint density at radius 1 is 0.943 bits per heavy atom. The zero-order chi connectivity index (χ0) is 24.9. The average molecular weight is 469 g/mol. The summed E-state index contributed by atoms with van der Waals surface area (Å²) in [6.45, 7) is 3.73. The van der Waals surface area contributed by atoms with Crippen LogP contribution >= 0.6 is 0 Å². The maximum absolute atomic E-state index is 12.9. The van der Waals surface area contributed by atoms with Crippen molar-refractivity contribution < 1.29 is 23.9 Å². The highest BCUT2D eigenvalue weighted by molar-refractivity contribution is 6.39. The van der Waals surface area contributed by atoms with E-state index in [1.807, 2.05) is 32.0 Å². The minimum absolute atomic E-state index is 0.171. The van der Waals surface area contributed by atoms with E-state index >= 15 is 0 Å². The minimum Gasteiger partial charge on any atom is -0.484 e. The summed E-state index contributed by atoms with van der Waals surface area (Å²) >= 11 is 0. The molecule has 0 atom stereocenters. The lowest BCUT2D eigenvalue weighted by Crippen LogP contribution is -2.54. The molecule has 1 aliphatic heterocycles. The van der Waals surface area contributed by atoms with E-state index < -0.39 is 17.8 Å². The van der Waals surface area contributed by atoms with Crippen LogP contribution in [0, 0.1) is 13.8 Å². The number of carbonyl (C=O) groups excluding carboxylic acids is 4. The maximum atomic E-state index is 12.9. The van der Waals surface area contributed by atoms with Gasteiger partial charge in [0.15, 0.2) is 6.61 Å². The third-order valence-electron chi connectivity index (χ3n) is 5.56. The topological polar surface area (TPSA) is 105 Å². The van der Waals surface area contributed by atoms with Gasteiger partial charge in [0.1, 0.15) is 11.3 Å². The first-order valence-corrected chi connectivity index (χ1v) is 10.9. The summed E-state index contributed by atoms with van der Waals surface area (Å²) in [4.78, 5) is 50.6. The average Bonchev–Trinajstić information content (AvgIpc) is 2.84. The van der Waals surface area contributed by atoms with Crippen molar-refractivity contribution in [2.75, 3.05) is 16.8 Å². The number of benzene rings is 3. The Morgan fingerprint density at radius 2 is 1.66 bits per heavy atom. The van der Waals surface area contributed by atoms with Gasteiger partial charge in [-0.2, -0.15) is 0 Å². The van der Waals surface area contributed by atoms with Crippen molar-refractivity contribution in [3.8, 4) is 5.75 Å². The van der Waals surface area contributed by atoms with E-state index in [0.717, 1.165) is 21.7 Å². The third kappa shape index (κ3) is 5.27. The van der Waals surface area contributed by atoms with Gasteiger partial charge in [0.25, 0.3) is 17.7 Å². The molecule has 176 valence electrons. The number of para-hydroxylation sites is 1. The molecule has 1 aliphatic rings. The van der Waals surface area contributed by atoms with E-state index in [4.69, 9.17) is 4.74 Å². The monoisotopic (exact) mass is 469 g/mol. The molecular formula is C27H23N3O5. The van der Waals surface area contributed by atoms with Crippen molar-refractivity contribution in [3.63, 3.8) is 0 Å². The number of hydrogen-bond acceptors (Lipinski definition) is 5. The van der Waals surface area contributed by atoms with Crippen LogP contribution in [0.2, 0.25) is 0 Å². The molecule has 0 spiro atoms.